The summed E-state index contributed by atoms with van der Waals surface area (Å²) >= 11 is 0. The van der Waals surface area contributed by atoms with E-state index in [9.17, 15) is 48.6 Å². The number of urea groups is 1. The van der Waals surface area contributed by atoms with Gasteiger partial charge in [0.2, 0.25) is 35.4 Å². The molecule has 74 heavy (non-hydrogen) atoms. The second-order valence-electron chi connectivity index (χ2n) is 17.7. The smallest absolute Gasteiger partial charge is 0.323 e. The molecule has 0 aliphatic carbocycles. The van der Waals surface area contributed by atoms with Crippen molar-refractivity contribution in [1.29, 1.82) is 0 Å². The molecule has 4 aromatic carbocycles. The van der Waals surface area contributed by atoms with Gasteiger partial charge in [-0.2, -0.15) is 0 Å². The second-order valence-corrected chi connectivity index (χ2v) is 17.7. The number of pyridine rings is 1. The number of aliphatic carboxylic acids is 1. The third-order valence-corrected chi connectivity index (χ3v) is 11.7. The molecule has 0 fully saturated rings. The van der Waals surface area contributed by atoms with Crippen LogP contribution in [0.5, 0.6) is 5.75 Å². The molecule has 1 aromatic heterocycles. The highest BCUT2D eigenvalue weighted by atomic mass is 16.4. The maximum Gasteiger partial charge on any atom is 0.323 e. The molecule has 1 heterocycles. The highest BCUT2D eigenvalue weighted by molar-refractivity contribution is 6.00. The lowest BCUT2D eigenvalue weighted by molar-refractivity contribution is -0.137. The number of nitrogens with zero attached hydrogens (tertiary/aromatic N) is 1. The molecule has 0 bridgehead atoms. The van der Waals surface area contributed by atoms with Crippen molar-refractivity contribution in [3.63, 3.8) is 0 Å². The molecule has 8 amide bonds. The summed E-state index contributed by atoms with van der Waals surface area (Å²) in [5.41, 5.74) is 11.2. The number of nitrogens with two attached hydrogens (primary N) is 1. The van der Waals surface area contributed by atoms with E-state index in [0.717, 1.165) is 16.7 Å². The van der Waals surface area contributed by atoms with Gasteiger partial charge in [-0.15, -0.1) is 0 Å². The standard InChI is InChI=1S/C55H63N9O10/c1-35-15-17-37(18-16-35)32-47(54(73)62-46(51(56)70)31-38-21-26-42(65)27-22-38)63-53(72)45(13-7-14-50(68)69)61-52(71)44(12-5-6-30-58-48(66)28-23-40-10-8-29-57-34-40)60-49(67)33-39-19-24-41(25-20-39)59-55(74)64-43-11-4-3-9-36(43)2/h3-4,8-11,15-29,34,44-47,65H,5-7,12-14,30-33H2,1-2H3,(H2,56,70)(H,58,66)(H,60,67)(H,61,71)(H,62,73)(H,63,72)(H,68,69)(H2,59,64,74)/b28-23+/t44-,45-,46-,47-/m0/s1. The quantitative estimate of drug-likeness (QED) is 0.0253. The number of anilines is 2. The zero-order valence-corrected chi connectivity index (χ0v) is 41.3. The molecule has 19 heteroatoms. The van der Waals surface area contributed by atoms with Crippen LogP contribution >= 0.6 is 0 Å². The van der Waals surface area contributed by atoms with Crippen LogP contribution in [0, 0.1) is 13.8 Å². The van der Waals surface area contributed by atoms with Gasteiger partial charge in [-0.3, -0.25) is 38.5 Å². The summed E-state index contributed by atoms with van der Waals surface area (Å²) in [5, 5.41) is 38.4. The number of aromatic nitrogens is 1. The topological polar surface area (TPSA) is 300 Å². The number of carbonyl (C=O) groups is 8. The molecule has 0 aliphatic heterocycles. The Morgan fingerprint density at radius 3 is 1.88 bits per heavy atom. The Bertz CT molecular complexity index is 2730. The van der Waals surface area contributed by atoms with Gasteiger partial charge in [0.05, 0.1) is 6.42 Å². The number of hydrogen-bond acceptors (Lipinski definition) is 10. The molecule has 5 aromatic rings. The molecule has 0 radical (unpaired) electrons. The van der Waals surface area contributed by atoms with Crippen LogP contribution in [0.15, 0.2) is 128 Å². The number of carboxylic acid groups (broad SMARTS) is 1. The van der Waals surface area contributed by atoms with Gasteiger partial charge < -0.3 is 53.2 Å². The van der Waals surface area contributed by atoms with Gasteiger partial charge >= 0.3 is 12.0 Å². The van der Waals surface area contributed by atoms with E-state index >= 15 is 0 Å². The van der Waals surface area contributed by atoms with Crippen LogP contribution in [0.4, 0.5) is 16.2 Å². The van der Waals surface area contributed by atoms with E-state index in [1.807, 2.05) is 38.1 Å². The van der Waals surface area contributed by atoms with E-state index in [2.05, 4.69) is 42.2 Å². The second kappa shape index (κ2) is 28.8. The SMILES string of the molecule is Cc1ccc(C[C@H](NC(=O)[C@H](CCCC(=O)O)NC(=O)[C@H](CCCCNC(=O)/C=C/c2cccnc2)NC(=O)Cc2ccc(NC(=O)Nc3ccccc3C)cc2)C(=O)N[C@@H](Cc2ccc(O)cc2)C(N)=O)cc1. The van der Waals surface area contributed by atoms with Crippen molar-refractivity contribution in [3.8, 4) is 5.75 Å². The number of hydrogen-bond donors (Lipinski definition) is 10. The maximum absolute atomic E-state index is 14.3. The number of benzene rings is 4. The molecule has 0 unspecified atom stereocenters. The van der Waals surface area contributed by atoms with Crippen molar-refractivity contribution >= 4 is 64.9 Å². The number of nitrogens with one attached hydrogen (secondary N) is 7. The maximum atomic E-state index is 14.3. The van der Waals surface area contributed by atoms with Gasteiger partial charge in [0.15, 0.2) is 0 Å². The average Bonchev–Trinajstić information content (AvgIpc) is 3.37. The fourth-order valence-electron chi connectivity index (χ4n) is 7.60. The monoisotopic (exact) mass is 1010 g/mol. The minimum Gasteiger partial charge on any atom is -0.508 e. The van der Waals surface area contributed by atoms with Crippen LogP contribution in [-0.4, -0.2) is 93.4 Å². The van der Waals surface area contributed by atoms with E-state index in [1.54, 1.807) is 91.3 Å². The molecule has 5 rings (SSSR count). The Kier molecular flexibility index (Phi) is 21.8. The van der Waals surface area contributed by atoms with Crippen molar-refractivity contribution in [2.45, 2.75) is 95.8 Å². The Hall–Kier alpha value is -8.87. The molecular weight excluding hydrogens is 947 g/mol. The van der Waals surface area contributed by atoms with Crippen molar-refractivity contribution in [2.75, 3.05) is 17.2 Å². The Morgan fingerprint density at radius 2 is 1.23 bits per heavy atom. The number of carboxylic acids is 1. The molecule has 0 aliphatic rings. The molecule has 0 saturated carbocycles. The molecule has 19 nitrogen and oxygen atoms in total. The molecule has 0 spiro atoms. The number of aryl methyl sites for hydroxylation is 2. The summed E-state index contributed by atoms with van der Waals surface area (Å²) in [6, 6.07) is 24.9. The number of rotatable bonds is 27. The Balaban J connectivity index is 1.31. The molecule has 388 valence electrons. The van der Waals surface area contributed by atoms with Gasteiger partial charge in [-0.1, -0.05) is 78.4 Å². The van der Waals surface area contributed by atoms with Crippen LogP contribution < -0.4 is 43.0 Å². The van der Waals surface area contributed by atoms with Gasteiger partial charge in [-0.25, -0.2) is 4.79 Å². The van der Waals surface area contributed by atoms with Crippen LogP contribution in [0.25, 0.3) is 6.08 Å². The van der Waals surface area contributed by atoms with E-state index in [0.29, 0.717) is 40.9 Å². The van der Waals surface area contributed by atoms with Crippen molar-refractivity contribution in [2.24, 2.45) is 5.73 Å². The average molecular weight is 1010 g/mol. The summed E-state index contributed by atoms with van der Waals surface area (Å²) in [7, 11) is 0. The van der Waals surface area contributed by atoms with E-state index in [-0.39, 0.29) is 63.1 Å². The summed E-state index contributed by atoms with van der Waals surface area (Å²) in [6.45, 7) is 3.98. The van der Waals surface area contributed by atoms with E-state index in [4.69, 9.17) is 5.73 Å². The predicted molar refractivity (Wildman–Crippen MR) is 279 cm³/mol. The number of para-hydroxylation sites is 1. The summed E-state index contributed by atoms with van der Waals surface area (Å²) in [6.07, 6.45) is 6.18. The fraction of sp³-hybridized carbons (Fsp3) is 0.291. The fourth-order valence-corrected chi connectivity index (χ4v) is 7.60. The lowest BCUT2D eigenvalue weighted by atomic mass is 10.0. The first-order chi connectivity index (χ1) is 35.5. The number of primary amides is 1. The van der Waals surface area contributed by atoms with Crippen LogP contribution in [0.3, 0.4) is 0 Å². The minimum absolute atomic E-state index is 0.00164. The zero-order chi connectivity index (χ0) is 53.4. The van der Waals surface area contributed by atoms with Crippen molar-refractivity contribution in [1.82, 2.24) is 31.6 Å². The largest absolute Gasteiger partial charge is 0.508 e. The predicted octanol–water partition coefficient (Wildman–Crippen LogP) is 4.76. The normalized spacial score (nSPS) is 12.5. The van der Waals surface area contributed by atoms with Gasteiger partial charge in [0.25, 0.3) is 0 Å². The number of carbonyl (C=O) groups excluding carboxylic acids is 7. The van der Waals surface area contributed by atoms with Gasteiger partial charge in [0.1, 0.15) is 29.9 Å². The van der Waals surface area contributed by atoms with Crippen LogP contribution in [0.2, 0.25) is 0 Å². The van der Waals surface area contributed by atoms with Gasteiger partial charge in [0, 0.05) is 55.7 Å². The molecule has 4 atom stereocenters. The first-order valence-corrected chi connectivity index (χ1v) is 24.1. The summed E-state index contributed by atoms with van der Waals surface area (Å²) in [4.78, 5) is 110. The Labute approximate surface area is 429 Å². The molecule has 11 N–H and O–H groups in total. The van der Waals surface area contributed by atoms with Crippen LogP contribution in [0.1, 0.15) is 71.9 Å². The third kappa shape index (κ3) is 19.7. The van der Waals surface area contributed by atoms with Crippen LogP contribution in [-0.2, 0) is 52.8 Å². The molecular formula is C55H63N9O10. The number of phenols is 1. The zero-order valence-electron chi connectivity index (χ0n) is 41.3. The Morgan fingerprint density at radius 1 is 0.635 bits per heavy atom. The van der Waals surface area contributed by atoms with Crippen molar-refractivity contribution < 1.29 is 48.6 Å². The first-order valence-electron chi connectivity index (χ1n) is 24.1. The number of amides is 8. The molecule has 0 saturated heterocycles. The van der Waals surface area contributed by atoms with Crippen molar-refractivity contribution in [3.05, 3.63) is 161 Å². The van der Waals surface area contributed by atoms with E-state index in [1.165, 1.54) is 18.2 Å². The summed E-state index contributed by atoms with van der Waals surface area (Å²) in [5.74, 6) is -5.26. The highest BCUT2D eigenvalue weighted by Crippen LogP contribution is 2.17. The number of phenolic OH excluding ortho intramolecular Hbond substituents is 1. The number of aromatic hydroxyl groups is 1. The highest BCUT2D eigenvalue weighted by Gasteiger charge is 2.31. The lowest BCUT2D eigenvalue weighted by Crippen LogP contribution is -2.58. The van der Waals surface area contributed by atoms with Gasteiger partial charge in [-0.05, 0) is 116 Å². The van der Waals surface area contributed by atoms with E-state index < -0.39 is 65.7 Å². The third-order valence-electron chi connectivity index (χ3n) is 11.7. The first kappa shape index (κ1) is 56.0. The lowest BCUT2D eigenvalue weighted by Gasteiger charge is -2.26. The minimum atomic E-state index is -1.40. The number of unbranched alkanes of at least 4 members (excludes halogenated alkanes) is 1. The summed E-state index contributed by atoms with van der Waals surface area (Å²) < 4.78 is 0.